The Hall–Kier alpha value is -2.59. The van der Waals surface area contributed by atoms with E-state index < -0.39 is 17.1 Å². The molecule has 2 unspecified atom stereocenters. The summed E-state index contributed by atoms with van der Waals surface area (Å²) in [5.74, 6) is -0.771. The van der Waals surface area contributed by atoms with Crippen molar-refractivity contribution < 1.29 is 24.1 Å². The summed E-state index contributed by atoms with van der Waals surface area (Å²) in [5.41, 5.74) is -2.29. The fraction of sp³-hybridized carbons (Fsp3) is 0.400. The molecule has 2 N–H and O–H groups in total. The second-order valence-corrected chi connectivity index (χ2v) is 11.2. The zero-order valence-electron chi connectivity index (χ0n) is 23.2. The molecular weight excluding hydrogens is 556 g/mol. The fourth-order valence-electron chi connectivity index (χ4n) is 4.75. The maximum absolute atomic E-state index is 15.8. The van der Waals surface area contributed by atoms with E-state index in [1.165, 1.54) is 37.2 Å². The lowest BCUT2D eigenvalue weighted by Crippen LogP contribution is -2.47. The van der Waals surface area contributed by atoms with Crippen LogP contribution >= 0.6 is 23.2 Å². The second-order valence-electron chi connectivity index (χ2n) is 10.4. The molecule has 1 saturated heterocycles. The van der Waals surface area contributed by atoms with Crippen LogP contribution in [0.15, 0.2) is 54.7 Å². The number of nitrogens with zero attached hydrogens (tertiary/aromatic N) is 3. The molecule has 7 nitrogen and oxygen atoms in total. The zero-order chi connectivity index (χ0) is 29.5. The van der Waals surface area contributed by atoms with Crippen LogP contribution in [-0.2, 0) is 27.4 Å². The first-order valence-corrected chi connectivity index (χ1v) is 13.7. The summed E-state index contributed by atoms with van der Waals surface area (Å²) in [5, 5.41) is 23.9. The number of aliphatic hydroxyl groups is 2. The summed E-state index contributed by atoms with van der Waals surface area (Å²) >= 11 is 12.0. The van der Waals surface area contributed by atoms with Crippen LogP contribution in [0, 0.1) is 12.7 Å². The molecular formula is C30H36Cl2FN3O4. The molecule has 216 valence electrons. The number of rotatable bonds is 9. The van der Waals surface area contributed by atoms with E-state index >= 15 is 4.39 Å². The first-order chi connectivity index (χ1) is 18.9. The Bertz CT molecular complexity index is 1240. The van der Waals surface area contributed by atoms with E-state index in [-0.39, 0.29) is 24.2 Å². The minimum Gasteiger partial charge on any atom is -0.384 e. The van der Waals surface area contributed by atoms with Crippen LogP contribution in [0.4, 0.5) is 4.39 Å². The monoisotopic (exact) mass is 591 g/mol. The third kappa shape index (κ3) is 7.78. The molecule has 1 fully saturated rings. The van der Waals surface area contributed by atoms with Gasteiger partial charge in [0.25, 0.3) is 0 Å². The normalized spacial score (nSPS) is 16.1. The number of ether oxygens (including phenoxy) is 1. The zero-order valence-corrected chi connectivity index (χ0v) is 24.7. The lowest BCUT2D eigenvalue weighted by molar-refractivity contribution is -0.142. The lowest BCUT2D eigenvalue weighted by atomic mass is 9.85. The number of hydrogen-bond donors (Lipinski definition) is 2. The van der Waals surface area contributed by atoms with E-state index in [0.717, 1.165) is 18.1 Å². The quantitative estimate of drug-likeness (QED) is 0.261. The minimum absolute atomic E-state index is 0.120. The van der Waals surface area contributed by atoms with E-state index in [9.17, 15) is 15.0 Å². The van der Waals surface area contributed by atoms with Crippen molar-refractivity contribution in [2.75, 3.05) is 33.9 Å². The van der Waals surface area contributed by atoms with Gasteiger partial charge in [0.1, 0.15) is 5.82 Å². The van der Waals surface area contributed by atoms with Crippen molar-refractivity contribution in [3.05, 3.63) is 98.5 Å². The van der Waals surface area contributed by atoms with Crippen molar-refractivity contribution in [1.82, 2.24) is 14.8 Å². The molecule has 4 rings (SSSR count). The lowest BCUT2D eigenvalue weighted by Gasteiger charge is -2.39. The number of pyridine rings is 1. The van der Waals surface area contributed by atoms with E-state index in [4.69, 9.17) is 27.9 Å². The van der Waals surface area contributed by atoms with E-state index in [1.54, 1.807) is 63.2 Å². The van der Waals surface area contributed by atoms with E-state index in [0.29, 0.717) is 33.3 Å². The van der Waals surface area contributed by atoms with Crippen molar-refractivity contribution in [3.8, 4) is 0 Å². The van der Waals surface area contributed by atoms with Gasteiger partial charge in [-0.3, -0.25) is 9.78 Å². The Balaban J connectivity index is 0.000000792. The molecule has 0 spiro atoms. The van der Waals surface area contributed by atoms with Gasteiger partial charge in [-0.15, -0.1) is 0 Å². The molecule has 2 atom stereocenters. The first-order valence-electron chi connectivity index (χ1n) is 13.0. The molecule has 3 aromatic rings. The van der Waals surface area contributed by atoms with Gasteiger partial charge in [0.2, 0.25) is 6.41 Å². The number of hydrogen-bond acceptors (Lipinski definition) is 6. The molecule has 1 aromatic heterocycles. The number of benzene rings is 2. The molecule has 1 aliphatic heterocycles. The fourth-order valence-corrected chi connectivity index (χ4v) is 4.99. The molecule has 40 heavy (non-hydrogen) atoms. The molecule has 0 saturated carbocycles. The van der Waals surface area contributed by atoms with Crippen molar-refractivity contribution in [2.24, 2.45) is 0 Å². The van der Waals surface area contributed by atoms with Crippen LogP contribution in [0.5, 0.6) is 0 Å². The molecule has 0 radical (unpaired) electrons. The number of carbonyl (C=O) groups is 1. The molecule has 0 bridgehead atoms. The summed E-state index contributed by atoms with van der Waals surface area (Å²) in [7, 11) is 3.61. The predicted octanol–water partition coefficient (Wildman–Crippen LogP) is 5.25. The molecule has 1 amide bonds. The molecule has 1 aliphatic rings. The number of likely N-dealkylation sites (N-methyl/N-ethyl adjacent to an activating group) is 1. The van der Waals surface area contributed by atoms with Crippen LogP contribution in [0.25, 0.3) is 0 Å². The molecule has 0 aliphatic carbocycles. The number of carbonyl (C=O) groups excluding carboxylic acids is 1. The van der Waals surface area contributed by atoms with Gasteiger partial charge in [0, 0.05) is 42.1 Å². The molecule has 2 aromatic carbocycles. The third-order valence-corrected chi connectivity index (χ3v) is 7.10. The second kappa shape index (κ2) is 13.9. The minimum atomic E-state index is -2.20. The van der Waals surface area contributed by atoms with Crippen LogP contribution in [0.3, 0.4) is 0 Å². The SMILES string of the molecule is C1CCOC1.Cc1cc(C(C)(O)CN(C)C)cc(F)c1C(O)(c1ccc(Cl)cc1)N(C=O)Cc1ccc(Cl)cn1. The van der Waals surface area contributed by atoms with E-state index in [1.807, 2.05) is 0 Å². The topological polar surface area (TPSA) is 86.1 Å². The maximum Gasteiger partial charge on any atom is 0.212 e. The van der Waals surface area contributed by atoms with Crippen LogP contribution in [0.1, 0.15) is 47.7 Å². The summed E-state index contributed by atoms with van der Waals surface area (Å²) in [6.07, 6.45) is 4.43. The van der Waals surface area contributed by atoms with Gasteiger partial charge in [-0.25, -0.2) is 4.39 Å². The van der Waals surface area contributed by atoms with Crippen molar-refractivity contribution in [2.45, 2.75) is 44.6 Å². The highest BCUT2D eigenvalue weighted by Gasteiger charge is 2.42. The summed E-state index contributed by atoms with van der Waals surface area (Å²) < 4.78 is 20.8. The molecule has 2 heterocycles. The Kier molecular flexibility index (Phi) is 11.1. The smallest absolute Gasteiger partial charge is 0.212 e. The highest BCUT2D eigenvalue weighted by Crippen LogP contribution is 2.39. The molecule has 10 heteroatoms. The van der Waals surface area contributed by atoms with Crippen LogP contribution in [-0.4, -0.2) is 65.3 Å². The van der Waals surface area contributed by atoms with Crippen molar-refractivity contribution in [1.29, 1.82) is 0 Å². The van der Waals surface area contributed by atoms with Crippen molar-refractivity contribution >= 4 is 29.6 Å². The average molecular weight is 593 g/mol. The summed E-state index contributed by atoms with van der Waals surface area (Å²) in [4.78, 5) is 19.4. The number of aryl methyl sites for hydroxylation is 1. The van der Waals surface area contributed by atoms with Crippen molar-refractivity contribution in [3.63, 3.8) is 0 Å². The predicted molar refractivity (Wildman–Crippen MR) is 155 cm³/mol. The Morgan fingerprint density at radius 2 is 1.65 bits per heavy atom. The van der Waals surface area contributed by atoms with Gasteiger partial charge in [0.05, 0.1) is 22.9 Å². The van der Waals surface area contributed by atoms with Crippen LogP contribution in [0.2, 0.25) is 10.0 Å². The van der Waals surface area contributed by atoms with Crippen LogP contribution < -0.4 is 0 Å². The average Bonchev–Trinajstić information content (AvgIpc) is 3.48. The number of halogens is 3. The van der Waals surface area contributed by atoms with Gasteiger partial charge in [-0.2, -0.15) is 0 Å². The Labute approximate surface area is 245 Å². The largest absolute Gasteiger partial charge is 0.384 e. The summed E-state index contributed by atoms with van der Waals surface area (Å²) in [6, 6.07) is 12.2. The Morgan fingerprint density at radius 3 is 2.12 bits per heavy atom. The van der Waals surface area contributed by atoms with Gasteiger partial charge in [-0.1, -0.05) is 41.4 Å². The first kappa shape index (κ1) is 31.9. The summed E-state index contributed by atoms with van der Waals surface area (Å²) in [6.45, 7) is 5.35. The van der Waals surface area contributed by atoms with Gasteiger partial charge in [-0.05, 0) is 82.2 Å². The highest BCUT2D eigenvalue weighted by molar-refractivity contribution is 6.30. The van der Waals surface area contributed by atoms with Gasteiger partial charge < -0.3 is 24.7 Å². The highest BCUT2D eigenvalue weighted by atomic mass is 35.5. The number of aromatic nitrogens is 1. The van der Waals surface area contributed by atoms with E-state index in [2.05, 4.69) is 4.98 Å². The van der Waals surface area contributed by atoms with Gasteiger partial charge >= 0.3 is 0 Å². The number of amides is 1. The maximum atomic E-state index is 15.8. The van der Waals surface area contributed by atoms with Gasteiger partial charge in [0.15, 0.2) is 5.72 Å². The standard InChI is InChI=1S/C26H28Cl2FN3O3.C4H8O/c1-17-11-19(25(2,34)15-31(3)4)12-23(29)24(17)26(35,18-5-7-20(27)8-6-18)32(16-33)14-22-10-9-21(28)13-30-22;1-2-4-5-3-1/h5-13,16,34-35H,14-15H2,1-4H3;1-4H2. The Morgan fingerprint density at radius 1 is 1.02 bits per heavy atom. The third-order valence-electron chi connectivity index (χ3n) is 6.62.